The topological polar surface area (TPSA) is 49.3 Å². The summed E-state index contributed by atoms with van der Waals surface area (Å²) in [6, 6.07) is 13.2. The molecule has 0 fully saturated rings. The van der Waals surface area contributed by atoms with Crippen molar-refractivity contribution in [2.24, 2.45) is 0 Å². The smallest absolute Gasteiger partial charge is 0.179 e. The molecule has 0 radical (unpaired) electrons. The van der Waals surface area contributed by atoms with Gasteiger partial charge >= 0.3 is 0 Å². The average molecular weight is 349 g/mol. The highest BCUT2D eigenvalue weighted by molar-refractivity contribution is 5.95. The molecule has 1 atom stereocenters. The summed E-state index contributed by atoms with van der Waals surface area (Å²) < 4.78 is 13.2. The van der Waals surface area contributed by atoms with Crippen LogP contribution in [0, 0.1) is 5.82 Å². The number of nitrogens with one attached hydrogen (secondary N) is 1. The number of ketones is 1. The van der Waals surface area contributed by atoms with Gasteiger partial charge in [0.1, 0.15) is 11.6 Å². The number of hydrogen-bond donors (Lipinski definition) is 2. The van der Waals surface area contributed by atoms with Gasteiger partial charge in [-0.3, -0.25) is 4.79 Å². The Hall–Kier alpha value is -3.14. The van der Waals surface area contributed by atoms with Crippen molar-refractivity contribution in [3.05, 3.63) is 102 Å². The Kier molecular flexibility index (Phi) is 5.64. The monoisotopic (exact) mass is 349 g/mol. The molecule has 0 amide bonds. The van der Waals surface area contributed by atoms with E-state index >= 15 is 0 Å². The molecule has 1 unspecified atom stereocenters. The second-order valence-corrected chi connectivity index (χ2v) is 6.22. The third kappa shape index (κ3) is 4.70. The lowest BCUT2D eigenvalue weighted by atomic mass is 9.87. The molecule has 1 heterocycles. The van der Waals surface area contributed by atoms with Gasteiger partial charge in [0.2, 0.25) is 0 Å². The quantitative estimate of drug-likeness (QED) is 0.814. The van der Waals surface area contributed by atoms with Crippen LogP contribution in [0.5, 0.6) is 5.75 Å². The van der Waals surface area contributed by atoms with E-state index in [2.05, 4.69) is 5.32 Å². The van der Waals surface area contributed by atoms with Crippen LogP contribution in [0.25, 0.3) is 0 Å². The van der Waals surface area contributed by atoms with Gasteiger partial charge in [0.05, 0.1) is 5.70 Å². The molecule has 0 saturated heterocycles. The van der Waals surface area contributed by atoms with Crippen molar-refractivity contribution in [2.45, 2.75) is 18.8 Å². The van der Waals surface area contributed by atoms with Crippen LogP contribution in [0.15, 0.2) is 84.7 Å². The van der Waals surface area contributed by atoms with Gasteiger partial charge in [-0.2, -0.15) is 0 Å². The normalized spacial score (nSPS) is 14.3. The van der Waals surface area contributed by atoms with Crippen LogP contribution in [0.1, 0.15) is 23.5 Å². The van der Waals surface area contributed by atoms with Crippen LogP contribution in [0.3, 0.4) is 0 Å². The number of benzene rings is 2. The molecule has 4 heteroatoms. The van der Waals surface area contributed by atoms with E-state index in [4.69, 9.17) is 0 Å². The predicted octanol–water partition coefficient (Wildman–Crippen LogP) is 4.37. The molecule has 1 aliphatic rings. The Bertz CT molecular complexity index is 849. The lowest BCUT2D eigenvalue weighted by molar-refractivity contribution is -0.116. The third-order valence-electron chi connectivity index (χ3n) is 4.31. The zero-order chi connectivity index (χ0) is 18.4. The van der Waals surface area contributed by atoms with Crippen molar-refractivity contribution in [3.8, 4) is 5.75 Å². The molecule has 2 aromatic carbocycles. The van der Waals surface area contributed by atoms with Gasteiger partial charge in [-0.05, 0) is 59.9 Å². The fraction of sp³-hybridized carbons (Fsp3) is 0.136. The fourth-order valence-corrected chi connectivity index (χ4v) is 2.92. The summed E-state index contributed by atoms with van der Waals surface area (Å²) in [5, 5.41) is 12.5. The van der Waals surface area contributed by atoms with Crippen molar-refractivity contribution in [3.63, 3.8) is 0 Å². The van der Waals surface area contributed by atoms with Gasteiger partial charge in [-0.15, -0.1) is 0 Å². The molecule has 2 aromatic rings. The van der Waals surface area contributed by atoms with Crippen LogP contribution in [-0.2, 0) is 11.2 Å². The fourth-order valence-electron chi connectivity index (χ4n) is 2.92. The van der Waals surface area contributed by atoms with Crippen molar-refractivity contribution >= 4 is 5.78 Å². The Balaban J connectivity index is 1.82. The van der Waals surface area contributed by atoms with Crippen molar-refractivity contribution in [2.75, 3.05) is 0 Å². The number of phenolic OH excluding ortho intramolecular Hbond substituents is 1. The van der Waals surface area contributed by atoms with Crippen LogP contribution in [-0.4, -0.2) is 10.9 Å². The number of Topliss-reactive ketones (excluding diaryl/α,β-unsaturated/α-hetero) is 1. The molecular weight excluding hydrogens is 329 g/mol. The molecule has 132 valence electrons. The first-order valence-corrected chi connectivity index (χ1v) is 8.48. The molecule has 3 rings (SSSR count). The predicted molar refractivity (Wildman–Crippen MR) is 100 cm³/mol. The first-order valence-electron chi connectivity index (χ1n) is 8.48. The molecule has 0 aliphatic carbocycles. The summed E-state index contributed by atoms with van der Waals surface area (Å²) in [4.78, 5) is 12.7. The lowest BCUT2D eigenvalue weighted by Crippen LogP contribution is -2.18. The molecule has 0 spiro atoms. The SMILES string of the molecule is O=C(CC(Cc1ccc(F)cc1)c1ccc(O)cc1)C1=CC=CC=CN1. The van der Waals surface area contributed by atoms with Crippen LogP contribution >= 0.6 is 0 Å². The average Bonchev–Trinajstić information content (AvgIpc) is 2.93. The highest BCUT2D eigenvalue weighted by atomic mass is 19.1. The maximum Gasteiger partial charge on any atom is 0.179 e. The van der Waals surface area contributed by atoms with Crippen molar-refractivity contribution in [1.29, 1.82) is 0 Å². The van der Waals surface area contributed by atoms with Gasteiger partial charge in [-0.25, -0.2) is 4.39 Å². The molecule has 3 nitrogen and oxygen atoms in total. The van der Waals surface area contributed by atoms with E-state index in [1.165, 1.54) is 12.1 Å². The number of hydrogen-bond acceptors (Lipinski definition) is 3. The minimum Gasteiger partial charge on any atom is -0.508 e. The van der Waals surface area contributed by atoms with Crippen LogP contribution < -0.4 is 5.32 Å². The maximum atomic E-state index is 13.2. The van der Waals surface area contributed by atoms with Gasteiger partial charge < -0.3 is 10.4 Å². The van der Waals surface area contributed by atoms with E-state index in [-0.39, 0.29) is 23.3 Å². The van der Waals surface area contributed by atoms with Crippen LogP contribution in [0.2, 0.25) is 0 Å². The van der Waals surface area contributed by atoms with E-state index in [0.717, 1.165) is 11.1 Å². The molecule has 26 heavy (non-hydrogen) atoms. The molecular formula is C22H20FNO2. The number of phenols is 1. The van der Waals surface area contributed by atoms with E-state index in [1.807, 2.05) is 30.4 Å². The van der Waals surface area contributed by atoms with Gasteiger partial charge in [0, 0.05) is 12.6 Å². The Labute approximate surface area is 152 Å². The second kappa shape index (κ2) is 8.30. The largest absolute Gasteiger partial charge is 0.508 e. The number of carbonyl (C=O) groups is 1. The first kappa shape index (κ1) is 17.7. The highest BCUT2D eigenvalue weighted by Crippen LogP contribution is 2.27. The Morgan fingerprint density at radius 3 is 2.46 bits per heavy atom. The summed E-state index contributed by atoms with van der Waals surface area (Å²) in [5.41, 5.74) is 2.46. The van der Waals surface area contributed by atoms with Crippen molar-refractivity contribution in [1.82, 2.24) is 5.32 Å². The first-order chi connectivity index (χ1) is 12.6. The van der Waals surface area contributed by atoms with E-state index in [0.29, 0.717) is 18.5 Å². The summed E-state index contributed by atoms with van der Waals surface area (Å²) in [6.45, 7) is 0. The number of rotatable bonds is 6. The van der Waals surface area contributed by atoms with Gasteiger partial charge in [0.15, 0.2) is 5.78 Å². The Morgan fingerprint density at radius 1 is 1.00 bits per heavy atom. The number of halogens is 1. The molecule has 0 aromatic heterocycles. The van der Waals surface area contributed by atoms with E-state index < -0.39 is 0 Å². The standard InChI is InChI=1S/C22H20FNO2/c23-19-9-5-16(6-10-19)14-18(17-7-11-20(25)12-8-17)15-22(26)21-4-2-1-3-13-24-21/h1-13,18,24-25H,14-15H2. The zero-order valence-electron chi connectivity index (χ0n) is 14.2. The van der Waals surface area contributed by atoms with Crippen LogP contribution in [0.4, 0.5) is 4.39 Å². The summed E-state index contributed by atoms with van der Waals surface area (Å²) >= 11 is 0. The third-order valence-corrected chi connectivity index (χ3v) is 4.31. The van der Waals surface area contributed by atoms with E-state index in [1.54, 1.807) is 36.5 Å². The molecule has 2 N–H and O–H groups in total. The lowest BCUT2D eigenvalue weighted by Gasteiger charge is -2.18. The number of aromatic hydroxyl groups is 1. The number of carbonyl (C=O) groups excluding carboxylic acids is 1. The summed E-state index contributed by atoms with van der Waals surface area (Å²) in [6.07, 6.45) is 9.89. The minimum atomic E-state index is -0.280. The zero-order valence-corrected chi connectivity index (χ0v) is 14.2. The van der Waals surface area contributed by atoms with Crippen molar-refractivity contribution < 1.29 is 14.3 Å². The summed E-state index contributed by atoms with van der Waals surface area (Å²) in [5.74, 6) is -0.171. The van der Waals surface area contributed by atoms with Gasteiger partial charge in [0.25, 0.3) is 0 Å². The minimum absolute atomic E-state index is 0.00128. The van der Waals surface area contributed by atoms with Gasteiger partial charge in [-0.1, -0.05) is 36.4 Å². The molecule has 0 saturated carbocycles. The molecule has 1 aliphatic heterocycles. The number of allylic oxidation sites excluding steroid dienone is 5. The Morgan fingerprint density at radius 2 is 1.73 bits per heavy atom. The van der Waals surface area contributed by atoms with E-state index in [9.17, 15) is 14.3 Å². The maximum absolute atomic E-state index is 13.2. The second-order valence-electron chi connectivity index (χ2n) is 6.22. The highest BCUT2D eigenvalue weighted by Gasteiger charge is 2.19. The molecule has 0 bridgehead atoms. The summed E-state index contributed by atoms with van der Waals surface area (Å²) in [7, 11) is 0.